The van der Waals surface area contributed by atoms with E-state index >= 15 is 0 Å². The molecule has 1 aliphatic rings. The van der Waals surface area contributed by atoms with Gasteiger partial charge in [-0.1, -0.05) is 6.92 Å². The molecule has 2 aromatic rings. The molecule has 1 fully saturated rings. The molecule has 1 saturated heterocycles. The molecule has 0 aliphatic carbocycles. The van der Waals surface area contributed by atoms with Crippen LogP contribution in [0.4, 0.5) is 5.82 Å². The predicted octanol–water partition coefficient (Wildman–Crippen LogP) is 2.26. The maximum Gasteiger partial charge on any atom is 0.161 e. The molecule has 5 nitrogen and oxygen atoms in total. The molecular weight excluding hydrogens is 262 g/mol. The first-order valence-corrected chi connectivity index (χ1v) is 7.61. The molecule has 0 bridgehead atoms. The van der Waals surface area contributed by atoms with Crippen LogP contribution in [0.25, 0.3) is 11.4 Å². The van der Waals surface area contributed by atoms with Gasteiger partial charge in [-0.05, 0) is 44.5 Å². The first-order chi connectivity index (χ1) is 10.3. The standard InChI is InChI=1S/C16H21N5/c1-2-13-11-15(19-14-5-9-18-10-6-14)21-16(20-13)12-3-7-17-8-4-12/h3-4,7-8,11,14,18H,2,5-6,9-10H2,1H3,(H,19,20,21). The topological polar surface area (TPSA) is 62.7 Å². The summed E-state index contributed by atoms with van der Waals surface area (Å²) in [5, 5.41) is 6.94. The van der Waals surface area contributed by atoms with Crippen LogP contribution in [-0.2, 0) is 6.42 Å². The fourth-order valence-corrected chi connectivity index (χ4v) is 2.56. The Bertz CT molecular complexity index is 578. The zero-order chi connectivity index (χ0) is 14.5. The molecule has 3 heterocycles. The van der Waals surface area contributed by atoms with Crippen LogP contribution < -0.4 is 10.6 Å². The van der Waals surface area contributed by atoms with E-state index in [2.05, 4.69) is 38.6 Å². The van der Waals surface area contributed by atoms with Gasteiger partial charge in [0.25, 0.3) is 0 Å². The summed E-state index contributed by atoms with van der Waals surface area (Å²) in [6.45, 7) is 4.26. The van der Waals surface area contributed by atoms with Gasteiger partial charge < -0.3 is 10.6 Å². The lowest BCUT2D eigenvalue weighted by molar-refractivity contribution is 0.478. The molecule has 2 N–H and O–H groups in total. The van der Waals surface area contributed by atoms with Gasteiger partial charge in [-0.15, -0.1) is 0 Å². The Kier molecular flexibility index (Phi) is 4.40. The van der Waals surface area contributed by atoms with Crippen molar-refractivity contribution < 1.29 is 0 Å². The maximum absolute atomic E-state index is 4.68. The van der Waals surface area contributed by atoms with Gasteiger partial charge in [0, 0.05) is 35.8 Å². The fourth-order valence-electron chi connectivity index (χ4n) is 2.56. The molecule has 5 heteroatoms. The summed E-state index contributed by atoms with van der Waals surface area (Å²) in [5.74, 6) is 1.70. The van der Waals surface area contributed by atoms with Gasteiger partial charge in [0.05, 0.1) is 0 Å². The zero-order valence-electron chi connectivity index (χ0n) is 12.3. The summed E-state index contributed by atoms with van der Waals surface area (Å²) in [7, 11) is 0. The first kappa shape index (κ1) is 13.9. The Labute approximate surface area is 125 Å². The average Bonchev–Trinajstić information content (AvgIpc) is 2.56. The highest BCUT2D eigenvalue weighted by Gasteiger charge is 2.14. The monoisotopic (exact) mass is 283 g/mol. The van der Waals surface area contributed by atoms with Crippen molar-refractivity contribution >= 4 is 5.82 Å². The van der Waals surface area contributed by atoms with Gasteiger partial charge >= 0.3 is 0 Å². The third-order valence-corrected chi connectivity index (χ3v) is 3.77. The predicted molar refractivity (Wildman–Crippen MR) is 84.2 cm³/mol. The number of anilines is 1. The van der Waals surface area contributed by atoms with Crippen molar-refractivity contribution in [1.82, 2.24) is 20.3 Å². The van der Waals surface area contributed by atoms with Gasteiger partial charge in [0.15, 0.2) is 5.82 Å². The van der Waals surface area contributed by atoms with E-state index < -0.39 is 0 Å². The lowest BCUT2D eigenvalue weighted by Crippen LogP contribution is -2.35. The number of aromatic nitrogens is 3. The van der Waals surface area contributed by atoms with E-state index in [-0.39, 0.29) is 0 Å². The van der Waals surface area contributed by atoms with E-state index in [1.165, 1.54) is 0 Å². The quantitative estimate of drug-likeness (QED) is 0.901. The summed E-state index contributed by atoms with van der Waals surface area (Å²) < 4.78 is 0. The van der Waals surface area contributed by atoms with Gasteiger partial charge in [0.1, 0.15) is 5.82 Å². The highest BCUT2D eigenvalue weighted by atomic mass is 15.1. The van der Waals surface area contributed by atoms with Crippen LogP contribution in [0.15, 0.2) is 30.6 Å². The molecule has 0 aromatic carbocycles. The van der Waals surface area contributed by atoms with Crippen LogP contribution in [0.1, 0.15) is 25.5 Å². The number of nitrogens with one attached hydrogen (secondary N) is 2. The minimum Gasteiger partial charge on any atom is -0.367 e. The van der Waals surface area contributed by atoms with Gasteiger partial charge in [-0.3, -0.25) is 4.98 Å². The van der Waals surface area contributed by atoms with Crippen LogP contribution >= 0.6 is 0 Å². The Morgan fingerprint density at radius 3 is 2.67 bits per heavy atom. The van der Waals surface area contributed by atoms with E-state index in [4.69, 9.17) is 0 Å². The number of nitrogens with zero attached hydrogens (tertiary/aromatic N) is 3. The number of hydrogen-bond donors (Lipinski definition) is 2. The van der Waals surface area contributed by atoms with E-state index in [0.717, 1.165) is 55.3 Å². The molecule has 0 amide bonds. The molecule has 0 unspecified atom stereocenters. The highest BCUT2D eigenvalue weighted by molar-refractivity contribution is 5.56. The molecule has 110 valence electrons. The van der Waals surface area contributed by atoms with Crippen LogP contribution in [0.5, 0.6) is 0 Å². The molecule has 0 atom stereocenters. The lowest BCUT2D eigenvalue weighted by Gasteiger charge is -2.24. The Morgan fingerprint density at radius 2 is 1.95 bits per heavy atom. The Hall–Kier alpha value is -2.01. The van der Waals surface area contributed by atoms with Gasteiger partial charge in [0.2, 0.25) is 0 Å². The summed E-state index contributed by atoms with van der Waals surface area (Å²) >= 11 is 0. The smallest absolute Gasteiger partial charge is 0.161 e. The second-order valence-electron chi connectivity index (χ2n) is 5.33. The average molecular weight is 283 g/mol. The second kappa shape index (κ2) is 6.63. The number of pyridine rings is 1. The van der Waals surface area contributed by atoms with Crippen molar-refractivity contribution in [2.45, 2.75) is 32.2 Å². The molecule has 21 heavy (non-hydrogen) atoms. The van der Waals surface area contributed by atoms with Crippen LogP contribution in [0, 0.1) is 0 Å². The zero-order valence-corrected chi connectivity index (χ0v) is 12.3. The largest absolute Gasteiger partial charge is 0.367 e. The van der Waals surface area contributed by atoms with E-state index in [0.29, 0.717) is 6.04 Å². The minimum absolute atomic E-state index is 0.496. The minimum atomic E-state index is 0.496. The lowest BCUT2D eigenvalue weighted by atomic mass is 10.1. The number of hydrogen-bond acceptors (Lipinski definition) is 5. The van der Waals surface area contributed by atoms with E-state index in [1.54, 1.807) is 12.4 Å². The summed E-state index contributed by atoms with van der Waals surface area (Å²) in [6, 6.07) is 6.45. The van der Waals surface area contributed by atoms with Crippen LogP contribution in [0.3, 0.4) is 0 Å². The Morgan fingerprint density at radius 1 is 1.19 bits per heavy atom. The van der Waals surface area contributed by atoms with Crippen molar-refractivity contribution in [2.75, 3.05) is 18.4 Å². The van der Waals surface area contributed by atoms with Crippen molar-refractivity contribution in [2.24, 2.45) is 0 Å². The number of rotatable bonds is 4. The normalized spacial score (nSPS) is 15.9. The second-order valence-corrected chi connectivity index (χ2v) is 5.33. The fraction of sp³-hybridized carbons (Fsp3) is 0.438. The van der Waals surface area contributed by atoms with Gasteiger partial charge in [-0.2, -0.15) is 0 Å². The molecule has 3 rings (SSSR count). The number of aryl methyl sites for hydroxylation is 1. The summed E-state index contributed by atoms with van der Waals surface area (Å²) in [6.07, 6.45) is 6.72. The maximum atomic E-state index is 4.68. The highest BCUT2D eigenvalue weighted by Crippen LogP contribution is 2.19. The van der Waals surface area contributed by atoms with Gasteiger partial charge in [-0.25, -0.2) is 9.97 Å². The van der Waals surface area contributed by atoms with E-state index in [1.807, 2.05) is 12.1 Å². The van der Waals surface area contributed by atoms with Crippen molar-refractivity contribution in [3.63, 3.8) is 0 Å². The molecular formula is C16H21N5. The SMILES string of the molecule is CCc1cc(NC2CCNCC2)nc(-c2ccncc2)n1. The third-order valence-electron chi connectivity index (χ3n) is 3.77. The Balaban J connectivity index is 1.86. The third kappa shape index (κ3) is 3.55. The molecule has 2 aromatic heterocycles. The van der Waals surface area contributed by atoms with Crippen LogP contribution in [-0.4, -0.2) is 34.1 Å². The van der Waals surface area contributed by atoms with Crippen molar-refractivity contribution in [1.29, 1.82) is 0 Å². The first-order valence-electron chi connectivity index (χ1n) is 7.61. The molecule has 0 radical (unpaired) electrons. The molecule has 0 spiro atoms. The molecule has 1 aliphatic heterocycles. The van der Waals surface area contributed by atoms with Crippen molar-refractivity contribution in [3.05, 3.63) is 36.3 Å². The number of piperidine rings is 1. The van der Waals surface area contributed by atoms with Crippen LogP contribution in [0.2, 0.25) is 0 Å². The molecule has 0 saturated carbocycles. The summed E-state index contributed by atoms with van der Waals surface area (Å²) in [4.78, 5) is 13.4. The summed E-state index contributed by atoms with van der Waals surface area (Å²) in [5.41, 5.74) is 2.07. The van der Waals surface area contributed by atoms with Crippen molar-refractivity contribution in [3.8, 4) is 11.4 Å². The van der Waals surface area contributed by atoms with E-state index in [9.17, 15) is 0 Å².